The number of aromatic nitrogens is 1. The van der Waals surface area contributed by atoms with Crippen molar-refractivity contribution < 1.29 is 13.2 Å². The fourth-order valence-electron chi connectivity index (χ4n) is 3.44. The van der Waals surface area contributed by atoms with Crippen molar-refractivity contribution >= 4 is 11.3 Å². The molecule has 0 bridgehead atoms. The SMILES string of the molecule is C#Cc1ccccc1C1(c2nc(-c3ccc(C(F)(F)F)cc3)c(C)s2)CC1. The predicted molar refractivity (Wildman–Crippen MR) is 102 cm³/mol. The molecule has 1 aromatic heterocycles. The smallest absolute Gasteiger partial charge is 0.240 e. The zero-order valence-electron chi connectivity index (χ0n) is 14.6. The van der Waals surface area contributed by atoms with Crippen LogP contribution in [-0.2, 0) is 11.6 Å². The Balaban J connectivity index is 1.73. The fraction of sp³-hybridized carbons (Fsp3) is 0.227. The largest absolute Gasteiger partial charge is 0.416 e. The van der Waals surface area contributed by atoms with E-state index in [4.69, 9.17) is 11.4 Å². The number of rotatable bonds is 3. The van der Waals surface area contributed by atoms with Crippen LogP contribution in [0.2, 0.25) is 0 Å². The van der Waals surface area contributed by atoms with E-state index in [1.165, 1.54) is 12.1 Å². The first-order chi connectivity index (χ1) is 12.8. The van der Waals surface area contributed by atoms with Crippen molar-refractivity contribution in [2.75, 3.05) is 0 Å². The number of hydrogen-bond donors (Lipinski definition) is 0. The molecule has 2 aromatic carbocycles. The zero-order chi connectivity index (χ0) is 19.2. The van der Waals surface area contributed by atoms with E-state index in [1.54, 1.807) is 11.3 Å². The summed E-state index contributed by atoms with van der Waals surface area (Å²) < 4.78 is 38.4. The van der Waals surface area contributed by atoms with Crippen molar-refractivity contribution in [3.05, 3.63) is 75.1 Å². The predicted octanol–water partition coefficient (Wildman–Crippen LogP) is 6.20. The Morgan fingerprint density at radius 2 is 1.74 bits per heavy atom. The van der Waals surface area contributed by atoms with E-state index in [-0.39, 0.29) is 5.41 Å². The first-order valence-corrected chi connectivity index (χ1v) is 9.38. The second-order valence-electron chi connectivity index (χ2n) is 6.77. The number of nitrogens with zero attached hydrogens (tertiary/aromatic N) is 1. The Morgan fingerprint density at radius 1 is 1.07 bits per heavy atom. The Kier molecular flexibility index (Phi) is 4.12. The maximum Gasteiger partial charge on any atom is 0.416 e. The van der Waals surface area contributed by atoms with E-state index in [1.807, 2.05) is 25.1 Å². The summed E-state index contributed by atoms with van der Waals surface area (Å²) in [5.41, 5.74) is 2.61. The van der Waals surface area contributed by atoms with Crippen LogP contribution in [-0.4, -0.2) is 4.98 Å². The molecule has 1 nitrogen and oxygen atoms in total. The third kappa shape index (κ3) is 3.04. The highest BCUT2D eigenvalue weighted by Gasteiger charge is 2.49. The molecule has 0 atom stereocenters. The van der Waals surface area contributed by atoms with Crippen molar-refractivity contribution in [3.8, 4) is 23.6 Å². The molecule has 1 saturated carbocycles. The molecule has 0 N–H and O–H groups in total. The Morgan fingerprint density at radius 3 is 2.33 bits per heavy atom. The highest BCUT2D eigenvalue weighted by atomic mass is 32.1. The molecule has 0 amide bonds. The van der Waals surface area contributed by atoms with Crippen LogP contribution in [0.15, 0.2) is 48.5 Å². The molecular formula is C22H16F3NS. The average molecular weight is 383 g/mol. The number of thiazole rings is 1. The summed E-state index contributed by atoms with van der Waals surface area (Å²) in [6.07, 6.45) is 3.29. The minimum absolute atomic E-state index is 0.164. The molecule has 27 heavy (non-hydrogen) atoms. The maximum absolute atomic E-state index is 12.8. The van der Waals surface area contributed by atoms with E-state index in [2.05, 4.69) is 12.0 Å². The molecule has 0 aliphatic heterocycles. The lowest BCUT2D eigenvalue weighted by Gasteiger charge is -2.14. The average Bonchev–Trinajstić information content (AvgIpc) is 3.37. The third-order valence-electron chi connectivity index (χ3n) is 5.04. The molecule has 0 radical (unpaired) electrons. The molecule has 1 heterocycles. The van der Waals surface area contributed by atoms with Crippen LogP contribution in [0.3, 0.4) is 0 Å². The van der Waals surface area contributed by atoms with Gasteiger partial charge in [-0.15, -0.1) is 17.8 Å². The van der Waals surface area contributed by atoms with E-state index >= 15 is 0 Å². The van der Waals surface area contributed by atoms with Crippen LogP contribution in [0.5, 0.6) is 0 Å². The molecule has 0 saturated heterocycles. The van der Waals surface area contributed by atoms with Crippen LogP contribution < -0.4 is 0 Å². The summed E-state index contributed by atoms with van der Waals surface area (Å²) in [7, 11) is 0. The van der Waals surface area contributed by atoms with E-state index in [0.717, 1.165) is 51.7 Å². The lowest BCUT2D eigenvalue weighted by atomic mass is 9.92. The summed E-state index contributed by atoms with van der Waals surface area (Å²) in [6, 6.07) is 13.1. The van der Waals surface area contributed by atoms with Crippen LogP contribution in [0.1, 0.15) is 39.4 Å². The van der Waals surface area contributed by atoms with Gasteiger partial charge in [0, 0.05) is 21.4 Å². The molecule has 4 rings (SSSR count). The van der Waals surface area contributed by atoms with Crippen molar-refractivity contribution in [2.24, 2.45) is 0 Å². The van der Waals surface area contributed by atoms with Crippen LogP contribution in [0.4, 0.5) is 13.2 Å². The first kappa shape index (κ1) is 17.8. The van der Waals surface area contributed by atoms with Crippen LogP contribution >= 0.6 is 11.3 Å². The highest BCUT2D eigenvalue weighted by Crippen LogP contribution is 2.56. The minimum atomic E-state index is -4.34. The van der Waals surface area contributed by atoms with Gasteiger partial charge in [-0.05, 0) is 43.5 Å². The molecule has 1 fully saturated rings. The monoisotopic (exact) mass is 383 g/mol. The van der Waals surface area contributed by atoms with Gasteiger partial charge in [0.15, 0.2) is 0 Å². The second-order valence-corrected chi connectivity index (χ2v) is 7.97. The van der Waals surface area contributed by atoms with Crippen molar-refractivity contribution in [1.29, 1.82) is 0 Å². The summed E-state index contributed by atoms with van der Waals surface area (Å²) in [5.74, 6) is 2.76. The number of aryl methyl sites for hydroxylation is 1. The number of terminal acetylenes is 1. The molecule has 1 aliphatic rings. The normalized spacial score (nSPS) is 15.4. The lowest BCUT2D eigenvalue weighted by molar-refractivity contribution is -0.137. The summed E-state index contributed by atoms with van der Waals surface area (Å²) in [5, 5.41) is 0.984. The van der Waals surface area contributed by atoms with Gasteiger partial charge in [-0.1, -0.05) is 36.3 Å². The van der Waals surface area contributed by atoms with Gasteiger partial charge in [-0.3, -0.25) is 0 Å². The number of alkyl halides is 3. The van der Waals surface area contributed by atoms with E-state index < -0.39 is 11.7 Å². The third-order valence-corrected chi connectivity index (χ3v) is 6.21. The van der Waals surface area contributed by atoms with Gasteiger partial charge < -0.3 is 0 Å². The maximum atomic E-state index is 12.8. The molecule has 3 aromatic rings. The van der Waals surface area contributed by atoms with Gasteiger partial charge in [-0.2, -0.15) is 13.2 Å². The first-order valence-electron chi connectivity index (χ1n) is 8.57. The van der Waals surface area contributed by atoms with Crippen molar-refractivity contribution in [3.63, 3.8) is 0 Å². The summed E-state index contributed by atoms with van der Waals surface area (Å²) >= 11 is 1.60. The summed E-state index contributed by atoms with van der Waals surface area (Å²) in [4.78, 5) is 5.82. The second kappa shape index (κ2) is 6.24. The van der Waals surface area contributed by atoms with Gasteiger partial charge in [0.25, 0.3) is 0 Å². The van der Waals surface area contributed by atoms with Gasteiger partial charge >= 0.3 is 6.18 Å². The molecule has 0 spiro atoms. The quantitative estimate of drug-likeness (QED) is 0.491. The molecule has 5 heteroatoms. The number of halogens is 3. The van der Waals surface area contributed by atoms with Crippen LogP contribution in [0, 0.1) is 19.3 Å². The summed E-state index contributed by atoms with van der Waals surface area (Å²) in [6.45, 7) is 1.96. The Labute approximate surface area is 159 Å². The Hall–Kier alpha value is -2.58. The standard InChI is InChI=1S/C22H16F3NS/c1-3-15-6-4-5-7-18(15)21(12-13-21)20-26-19(14(2)27-20)16-8-10-17(11-9-16)22(23,24)25/h1,4-11H,12-13H2,2H3. The van der Waals surface area contributed by atoms with Gasteiger partial charge in [-0.25, -0.2) is 4.98 Å². The van der Waals surface area contributed by atoms with Gasteiger partial charge in [0.05, 0.1) is 11.3 Å². The van der Waals surface area contributed by atoms with Crippen molar-refractivity contribution in [2.45, 2.75) is 31.4 Å². The topological polar surface area (TPSA) is 12.9 Å². The number of hydrogen-bond acceptors (Lipinski definition) is 2. The molecule has 1 aliphatic carbocycles. The van der Waals surface area contributed by atoms with Crippen molar-refractivity contribution in [1.82, 2.24) is 4.98 Å². The van der Waals surface area contributed by atoms with Crippen LogP contribution in [0.25, 0.3) is 11.3 Å². The van der Waals surface area contributed by atoms with Gasteiger partial charge in [0.1, 0.15) is 5.01 Å². The molecule has 136 valence electrons. The number of benzene rings is 2. The van der Waals surface area contributed by atoms with E-state index in [9.17, 15) is 13.2 Å². The minimum Gasteiger partial charge on any atom is -0.240 e. The zero-order valence-corrected chi connectivity index (χ0v) is 15.4. The Bertz CT molecular complexity index is 1030. The molecular weight excluding hydrogens is 367 g/mol. The fourth-order valence-corrected chi connectivity index (χ4v) is 4.63. The lowest BCUT2D eigenvalue weighted by Crippen LogP contribution is -2.10. The van der Waals surface area contributed by atoms with E-state index in [0.29, 0.717) is 5.56 Å². The molecule has 0 unspecified atom stereocenters. The highest BCUT2D eigenvalue weighted by molar-refractivity contribution is 7.12. The van der Waals surface area contributed by atoms with Gasteiger partial charge in [0.2, 0.25) is 0 Å².